The molecule has 4 rings (SSSR count). The summed E-state index contributed by atoms with van der Waals surface area (Å²) >= 11 is 0. The highest BCUT2D eigenvalue weighted by Crippen LogP contribution is 2.24. The van der Waals surface area contributed by atoms with Gasteiger partial charge in [0.25, 0.3) is 5.91 Å². The van der Waals surface area contributed by atoms with Gasteiger partial charge in [0, 0.05) is 38.3 Å². The zero-order valence-electron chi connectivity index (χ0n) is 15.0. The fourth-order valence-corrected chi connectivity index (χ4v) is 3.42. The Hall–Kier alpha value is -2.37. The number of imidazole rings is 1. The number of carbonyl (C=O) groups is 1. The molecule has 1 N–H and O–H groups in total. The number of benzene rings is 2. The third-order valence-electron chi connectivity index (χ3n) is 4.85. The molecule has 1 aliphatic rings. The van der Waals surface area contributed by atoms with Crippen LogP contribution in [0.4, 0.5) is 0 Å². The molecule has 0 radical (unpaired) electrons. The number of aryl methyl sites for hydroxylation is 1. The van der Waals surface area contributed by atoms with Crippen molar-refractivity contribution in [2.75, 3.05) is 19.6 Å². The number of piperazine rings is 1. The van der Waals surface area contributed by atoms with Crippen molar-refractivity contribution in [3.05, 3.63) is 54.4 Å². The fourth-order valence-electron chi connectivity index (χ4n) is 3.42. The second-order valence-corrected chi connectivity index (χ2v) is 6.74. The highest BCUT2D eigenvalue weighted by molar-refractivity contribution is 5.95. The summed E-state index contributed by atoms with van der Waals surface area (Å²) in [5, 5.41) is 3.36. The fraction of sp³-hybridized carbons (Fsp3) is 0.300. The molecule has 6 heteroatoms. The molecule has 0 aliphatic carbocycles. The summed E-state index contributed by atoms with van der Waals surface area (Å²) in [6.07, 6.45) is 1.82. The Morgan fingerprint density at radius 3 is 2.62 bits per heavy atom. The van der Waals surface area contributed by atoms with Crippen LogP contribution in [-0.2, 0) is 7.05 Å². The highest BCUT2D eigenvalue weighted by Gasteiger charge is 2.21. The summed E-state index contributed by atoms with van der Waals surface area (Å²) in [6, 6.07) is 14.5. The molecule has 26 heavy (non-hydrogen) atoms. The lowest BCUT2D eigenvalue weighted by molar-refractivity contribution is 0.0709. The van der Waals surface area contributed by atoms with Crippen molar-refractivity contribution in [2.24, 2.45) is 7.05 Å². The van der Waals surface area contributed by atoms with Crippen molar-refractivity contribution in [2.45, 2.75) is 13.0 Å². The minimum atomic E-state index is 0. The highest BCUT2D eigenvalue weighted by atomic mass is 35.5. The predicted octanol–water partition coefficient (Wildman–Crippen LogP) is 3.10. The van der Waals surface area contributed by atoms with Gasteiger partial charge in [-0.25, -0.2) is 4.98 Å². The van der Waals surface area contributed by atoms with Gasteiger partial charge in [0.05, 0.1) is 17.4 Å². The van der Waals surface area contributed by atoms with Crippen molar-refractivity contribution >= 4 is 29.3 Å². The molecule has 5 nitrogen and oxygen atoms in total. The molecule has 136 valence electrons. The molecule has 1 aromatic heterocycles. The number of aromatic nitrogens is 2. The van der Waals surface area contributed by atoms with Gasteiger partial charge in [-0.05, 0) is 42.3 Å². The number of carbonyl (C=O) groups excluding carboxylic acids is 1. The summed E-state index contributed by atoms with van der Waals surface area (Å²) in [6.45, 7) is 4.49. The van der Waals surface area contributed by atoms with Crippen molar-refractivity contribution in [1.82, 2.24) is 19.8 Å². The number of halogens is 1. The van der Waals surface area contributed by atoms with E-state index in [1.165, 1.54) is 0 Å². The zero-order chi connectivity index (χ0) is 17.4. The van der Waals surface area contributed by atoms with E-state index in [1.54, 1.807) is 0 Å². The van der Waals surface area contributed by atoms with E-state index in [1.807, 2.05) is 47.1 Å². The van der Waals surface area contributed by atoms with Gasteiger partial charge in [0.2, 0.25) is 0 Å². The van der Waals surface area contributed by atoms with E-state index in [0.717, 1.165) is 47.4 Å². The molecule has 0 saturated carbocycles. The lowest BCUT2D eigenvalue weighted by Gasteiger charge is -2.32. The molecule has 3 aromatic rings. The number of hydrogen-bond acceptors (Lipinski definition) is 3. The maximum Gasteiger partial charge on any atom is 0.253 e. The zero-order valence-corrected chi connectivity index (χ0v) is 15.8. The molecule has 1 saturated heterocycles. The van der Waals surface area contributed by atoms with Crippen LogP contribution in [-0.4, -0.2) is 46.0 Å². The summed E-state index contributed by atoms with van der Waals surface area (Å²) in [7, 11) is 1.99. The van der Waals surface area contributed by atoms with Crippen molar-refractivity contribution in [3.8, 4) is 11.1 Å². The molecule has 1 fully saturated rings. The molecular formula is C20H23ClN4O. The number of fused-ring (bicyclic) bond motifs is 1. The maximum atomic E-state index is 12.7. The summed E-state index contributed by atoms with van der Waals surface area (Å²) < 4.78 is 2.01. The van der Waals surface area contributed by atoms with E-state index in [9.17, 15) is 4.79 Å². The van der Waals surface area contributed by atoms with E-state index in [2.05, 4.69) is 35.4 Å². The number of hydrogen-bond donors (Lipinski definition) is 1. The smallest absolute Gasteiger partial charge is 0.253 e. The molecular weight excluding hydrogens is 348 g/mol. The predicted molar refractivity (Wildman–Crippen MR) is 107 cm³/mol. The van der Waals surface area contributed by atoms with Crippen LogP contribution >= 0.6 is 12.4 Å². The second kappa shape index (κ2) is 7.48. The first-order chi connectivity index (χ1) is 12.1. The third-order valence-corrected chi connectivity index (χ3v) is 4.85. The summed E-state index contributed by atoms with van der Waals surface area (Å²) in [5.74, 6) is 0.111. The Morgan fingerprint density at radius 1 is 1.15 bits per heavy atom. The molecule has 1 aliphatic heterocycles. The maximum absolute atomic E-state index is 12.7. The van der Waals surface area contributed by atoms with E-state index >= 15 is 0 Å². The molecule has 1 atom stereocenters. The van der Waals surface area contributed by atoms with Gasteiger partial charge in [-0.1, -0.05) is 18.2 Å². The second-order valence-electron chi connectivity index (χ2n) is 6.74. The Balaban J connectivity index is 0.00000196. The van der Waals surface area contributed by atoms with E-state index in [-0.39, 0.29) is 18.3 Å². The van der Waals surface area contributed by atoms with Gasteiger partial charge < -0.3 is 14.8 Å². The van der Waals surface area contributed by atoms with Crippen molar-refractivity contribution < 1.29 is 4.79 Å². The van der Waals surface area contributed by atoms with E-state index in [4.69, 9.17) is 0 Å². The summed E-state index contributed by atoms with van der Waals surface area (Å²) in [5.41, 5.74) is 5.05. The molecule has 2 heterocycles. The monoisotopic (exact) mass is 370 g/mol. The molecule has 2 aromatic carbocycles. The molecule has 1 amide bonds. The third kappa shape index (κ3) is 3.45. The number of rotatable bonds is 2. The van der Waals surface area contributed by atoms with Crippen LogP contribution in [0, 0.1) is 0 Å². The standard InChI is InChI=1S/C20H22N4O.ClH/c1-14-12-24(10-9-21-14)20(25)16-5-3-15(4-6-16)17-7-8-19-18(11-17)22-13-23(19)2;/h3-8,11,13-14,21H,9-10,12H2,1-2H3;1H. The first-order valence-corrected chi connectivity index (χ1v) is 8.66. The number of nitrogens with zero attached hydrogens (tertiary/aromatic N) is 3. The topological polar surface area (TPSA) is 50.2 Å². The minimum Gasteiger partial charge on any atom is -0.336 e. The van der Waals surface area contributed by atoms with Crippen LogP contribution in [0.1, 0.15) is 17.3 Å². The molecule has 0 spiro atoms. The first-order valence-electron chi connectivity index (χ1n) is 8.66. The average molecular weight is 371 g/mol. The van der Waals surface area contributed by atoms with Crippen LogP contribution in [0.5, 0.6) is 0 Å². The minimum absolute atomic E-state index is 0. The quantitative estimate of drug-likeness (QED) is 0.754. The number of amides is 1. The van der Waals surface area contributed by atoms with Gasteiger partial charge >= 0.3 is 0 Å². The van der Waals surface area contributed by atoms with Crippen molar-refractivity contribution in [3.63, 3.8) is 0 Å². The molecule has 1 unspecified atom stereocenters. The average Bonchev–Trinajstić information content (AvgIpc) is 3.02. The van der Waals surface area contributed by atoms with Gasteiger partial charge in [-0.2, -0.15) is 0 Å². The Labute approximate surface area is 159 Å². The largest absolute Gasteiger partial charge is 0.336 e. The Morgan fingerprint density at radius 2 is 1.88 bits per heavy atom. The van der Waals surface area contributed by atoms with Crippen LogP contribution in [0.25, 0.3) is 22.2 Å². The van der Waals surface area contributed by atoms with Gasteiger partial charge in [0.1, 0.15) is 0 Å². The first kappa shape index (κ1) is 18.4. The lowest BCUT2D eigenvalue weighted by atomic mass is 10.0. The van der Waals surface area contributed by atoms with Crippen LogP contribution in [0.2, 0.25) is 0 Å². The van der Waals surface area contributed by atoms with Crippen molar-refractivity contribution in [1.29, 1.82) is 0 Å². The van der Waals surface area contributed by atoms with Crippen LogP contribution in [0.3, 0.4) is 0 Å². The van der Waals surface area contributed by atoms with Crippen LogP contribution < -0.4 is 5.32 Å². The SMILES string of the molecule is CC1CN(C(=O)c2ccc(-c3ccc4c(c3)ncn4C)cc2)CCN1.Cl. The van der Waals surface area contributed by atoms with Gasteiger partial charge in [-0.3, -0.25) is 4.79 Å². The van der Waals surface area contributed by atoms with Crippen LogP contribution in [0.15, 0.2) is 48.8 Å². The Kier molecular flexibility index (Phi) is 5.30. The van der Waals surface area contributed by atoms with Gasteiger partial charge in [0.15, 0.2) is 0 Å². The summed E-state index contributed by atoms with van der Waals surface area (Å²) in [4.78, 5) is 19.0. The van der Waals surface area contributed by atoms with Gasteiger partial charge in [-0.15, -0.1) is 12.4 Å². The Bertz CT molecular complexity index is 919. The number of nitrogens with one attached hydrogen (secondary N) is 1. The normalized spacial score (nSPS) is 17.2. The lowest BCUT2D eigenvalue weighted by Crippen LogP contribution is -2.51. The van der Waals surface area contributed by atoms with E-state index in [0.29, 0.717) is 6.04 Å². The van der Waals surface area contributed by atoms with E-state index < -0.39 is 0 Å². The molecule has 0 bridgehead atoms.